The Labute approximate surface area is 106 Å². The fourth-order valence-electron chi connectivity index (χ4n) is 2.21. The van der Waals surface area contributed by atoms with Gasteiger partial charge in [0, 0.05) is 25.2 Å². The van der Waals surface area contributed by atoms with Gasteiger partial charge in [0.2, 0.25) is 5.91 Å². The first-order valence-electron chi connectivity index (χ1n) is 6.21. The number of nitrogens with zero attached hydrogens (tertiary/aromatic N) is 1. The number of halogens is 1. The second kappa shape index (κ2) is 4.65. The van der Waals surface area contributed by atoms with Gasteiger partial charge in [-0.2, -0.15) is 0 Å². The molecule has 4 heteroatoms. The summed E-state index contributed by atoms with van der Waals surface area (Å²) < 4.78 is -0.444. The number of carbonyl (C=O) groups is 1. The maximum atomic E-state index is 11.8. The molecule has 0 radical (unpaired) electrons. The molecule has 1 saturated heterocycles. The average molecular weight is 289 g/mol. The van der Waals surface area contributed by atoms with Gasteiger partial charge in [-0.15, -0.1) is 0 Å². The van der Waals surface area contributed by atoms with E-state index < -0.39 is 4.32 Å². The van der Waals surface area contributed by atoms with Gasteiger partial charge in [0.15, 0.2) is 0 Å². The number of alkyl halides is 1. The average Bonchev–Trinajstić information content (AvgIpc) is 3.01. The maximum absolute atomic E-state index is 11.8. The summed E-state index contributed by atoms with van der Waals surface area (Å²) in [6.07, 6.45) is 4.97. The van der Waals surface area contributed by atoms with Crippen molar-refractivity contribution in [3.8, 4) is 0 Å². The molecule has 0 bridgehead atoms. The van der Waals surface area contributed by atoms with E-state index in [4.69, 9.17) is 0 Å². The van der Waals surface area contributed by atoms with Crippen molar-refractivity contribution in [2.45, 2.75) is 55.9 Å². The first kappa shape index (κ1) is 12.4. The van der Waals surface area contributed by atoms with Gasteiger partial charge in [0.1, 0.15) is 0 Å². The highest BCUT2D eigenvalue weighted by Crippen LogP contribution is 2.29. The predicted molar refractivity (Wildman–Crippen MR) is 68.8 cm³/mol. The zero-order chi connectivity index (χ0) is 11.8. The minimum atomic E-state index is -0.444. The smallest absolute Gasteiger partial charge is 0.236 e. The highest BCUT2D eigenvalue weighted by molar-refractivity contribution is 9.10. The molecule has 0 aromatic carbocycles. The van der Waals surface area contributed by atoms with Gasteiger partial charge in [-0.3, -0.25) is 4.79 Å². The summed E-state index contributed by atoms with van der Waals surface area (Å²) in [7, 11) is 0. The molecule has 0 spiro atoms. The summed E-state index contributed by atoms with van der Waals surface area (Å²) >= 11 is 3.39. The molecule has 1 heterocycles. The van der Waals surface area contributed by atoms with E-state index in [1.807, 2.05) is 13.8 Å². The molecule has 1 amide bonds. The molecule has 2 rings (SSSR count). The van der Waals surface area contributed by atoms with Gasteiger partial charge in [-0.25, -0.2) is 0 Å². The van der Waals surface area contributed by atoms with Crippen LogP contribution in [-0.2, 0) is 4.79 Å². The minimum Gasteiger partial charge on any atom is -0.352 e. The molecule has 0 aromatic heterocycles. The monoisotopic (exact) mass is 288 g/mol. The third kappa shape index (κ3) is 3.20. The lowest BCUT2D eigenvalue weighted by molar-refractivity contribution is -0.123. The number of carbonyl (C=O) groups excluding carboxylic acids is 1. The molecule has 2 aliphatic rings. The Morgan fingerprint density at radius 2 is 1.81 bits per heavy atom. The Bertz CT molecular complexity index is 263. The van der Waals surface area contributed by atoms with Crippen LogP contribution in [0.4, 0.5) is 0 Å². The van der Waals surface area contributed by atoms with Crippen LogP contribution in [0.2, 0.25) is 0 Å². The molecular formula is C12H21BrN2O. The van der Waals surface area contributed by atoms with Crippen molar-refractivity contribution >= 4 is 21.8 Å². The van der Waals surface area contributed by atoms with Crippen LogP contribution in [0.25, 0.3) is 0 Å². The fraction of sp³-hybridized carbons (Fsp3) is 0.917. The molecule has 1 N–H and O–H groups in total. The van der Waals surface area contributed by atoms with Gasteiger partial charge in [-0.1, -0.05) is 15.9 Å². The molecule has 0 aromatic rings. The number of likely N-dealkylation sites (tertiary alicyclic amines) is 1. The highest BCUT2D eigenvalue weighted by Gasteiger charge is 2.33. The molecule has 16 heavy (non-hydrogen) atoms. The fourth-order valence-corrected chi connectivity index (χ4v) is 2.32. The lowest BCUT2D eigenvalue weighted by Crippen LogP contribution is -2.49. The topological polar surface area (TPSA) is 32.3 Å². The zero-order valence-corrected chi connectivity index (χ0v) is 11.7. The number of hydrogen-bond donors (Lipinski definition) is 1. The van der Waals surface area contributed by atoms with E-state index in [1.54, 1.807) is 0 Å². The molecule has 1 saturated carbocycles. The second-order valence-corrected chi connectivity index (χ2v) is 7.47. The van der Waals surface area contributed by atoms with Gasteiger partial charge in [-0.05, 0) is 39.5 Å². The van der Waals surface area contributed by atoms with Crippen LogP contribution in [0.1, 0.15) is 39.5 Å². The summed E-state index contributed by atoms with van der Waals surface area (Å²) in [6.45, 7) is 6.08. The largest absolute Gasteiger partial charge is 0.352 e. The van der Waals surface area contributed by atoms with Gasteiger partial charge >= 0.3 is 0 Å². The number of rotatable bonds is 3. The summed E-state index contributed by atoms with van der Waals surface area (Å²) in [5.74, 6) is 0.109. The molecule has 92 valence electrons. The molecule has 0 atom stereocenters. The Morgan fingerprint density at radius 1 is 1.25 bits per heavy atom. The van der Waals surface area contributed by atoms with Crippen LogP contribution in [0.3, 0.4) is 0 Å². The first-order chi connectivity index (χ1) is 7.47. The number of nitrogens with one attached hydrogen (secondary N) is 1. The SMILES string of the molecule is CC(C)(Br)C(=O)NC1CCN(C2CC2)CC1. The van der Waals surface area contributed by atoms with Crippen molar-refractivity contribution in [3.63, 3.8) is 0 Å². The van der Waals surface area contributed by atoms with Crippen molar-refractivity contribution in [2.75, 3.05) is 13.1 Å². The van der Waals surface area contributed by atoms with Crippen molar-refractivity contribution in [2.24, 2.45) is 0 Å². The van der Waals surface area contributed by atoms with Crippen LogP contribution >= 0.6 is 15.9 Å². The summed E-state index contributed by atoms with van der Waals surface area (Å²) in [5.41, 5.74) is 0. The Kier molecular flexibility index (Phi) is 3.59. The van der Waals surface area contributed by atoms with Crippen LogP contribution in [0.5, 0.6) is 0 Å². The lowest BCUT2D eigenvalue weighted by atomic mass is 10.0. The maximum Gasteiger partial charge on any atom is 0.236 e. The van der Waals surface area contributed by atoms with Crippen molar-refractivity contribution in [1.29, 1.82) is 0 Å². The molecular weight excluding hydrogens is 268 g/mol. The van der Waals surface area contributed by atoms with Gasteiger partial charge < -0.3 is 10.2 Å². The molecule has 3 nitrogen and oxygen atoms in total. The van der Waals surface area contributed by atoms with Crippen molar-refractivity contribution < 1.29 is 4.79 Å². The van der Waals surface area contributed by atoms with E-state index in [0.717, 1.165) is 32.0 Å². The lowest BCUT2D eigenvalue weighted by Gasteiger charge is -2.33. The summed E-state index contributed by atoms with van der Waals surface area (Å²) in [4.78, 5) is 14.4. The van der Waals surface area contributed by atoms with E-state index in [-0.39, 0.29) is 5.91 Å². The zero-order valence-electron chi connectivity index (χ0n) is 10.1. The van der Waals surface area contributed by atoms with Gasteiger partial charge in [0.25, 0.3) is 0 Å². The second-order valence-electron chi connectivity index (χ2n) is 5.49. The molecule has 0 unspecified atom stereocenters. The van der Waals surface area contributed by atoms with E-state index in [0.29, 0.717) is 6.04 Å². The van der Waals surface area contributed by atoms with Crippen LogP contribution in [0, 0.1) is 0 Å². The Balaban J connectivity index is 1.74. The highest BCUT2D eigenvalue weighted by atomic mass is 79.9. The Hall–Kier alpha value is -0.0900. The van der Waals surface area contributed by atoms with Crippen LogP contribution in [0.15, 0.2) is 0 Å². The van der Waals surface area contributed by atoms with Crippen LogP contribution < -0.4 is 5.32 Å². The standard InChI is InChI=1S/C12H21BrN2O/c1-12(2,13)11(16)14-9-5-7-15(8-6-9)10-3-4-10/h9-10H,3-8H2,1-2H3,(H,14,16). The van der Waals surface area contributed by atoms with Crippen molar-refractivity contribution in [3.05, 3.63) is 0 Å². The summed E-state index contributed by atoms with van der Waals surface area (Å²) in [6, 6.07) is 1.24. The Morgan fingerprint density at radius 3 is 2.25 bits per heavy atom. The van der Waals surface area contributed by atoms with Crippen molar-refractivity contribution in [1.82, 2.24) is 10.2 Å². The van der Waals surface area contributed by atoms with E-state index in [1.165, 1.54) is 12.8 Å². The van der Waals surface area contributed by atoms with Gasteiger partial charge in [0.05, 0.1) is 4.32 Å². The minimum absolute atomic E-state index is 0.109. The third-order valence-corrected chi connectivity index (χ3v) is 3.83. The number of hydrogen-bond acceptors (Lipinski definition) is 2. The quantitative estimate of drug-likeness (QED) is 0.805. The molecule has 2 fully saturated rings. The molecule has 1 aliphatic heterocycles. The third-order valence-electron chi connectivity index (χ3n) is 3.47. The number of piperidine rings is 1. The number of amides is 1. The van der Waals surface area contributed by atoms with E-state index in [9.17, 15) is 4.79 Å². The normalized spacial score (nSPS) is 24.4. The van der Waals surface area contributed by atoms with E-state index >= 15 is 0 Å². The first-order valence-corrected chi connectivity index (χ1v) is 7.00. The van der Waals surface area contributed by atoms with E-state index in [2.05, 4.69) is 26.1 Å². The summed E-state index contributed by atoms with van der Waals surface area (Å²) in [5, 5.41) is 3.13. The molecule has 1 aliphatic carbocycles. The van der Waals surface area contributed by atoms with Crippen LogP contribution in [-0.4, -0.2) is 40.3 Å². The predicted octanol–water partition coefficient (Wildman–Crippen LogP) is 1.90.